The average Bonchev–Trinajstić information content (AvgIpc) is 2.85. The Morgan fingerprint density at radius 3 is 2.46 bits per heavy atom. The number of benzene rings is 2. The molecule has 2 aromatic carbocycles. The summed E-state index contributed by atoms with van der Waals surface area (Å²) in [5.41, 5.74) is 1.50. The molecule has 2 aromatic rings. The highest BCUT2D eigenvalue weighted by Gasteiger charge is 2.33. The molecule has 0 aromatic heterocycles. The van der Waals surface area contributed by atoms with Gasteiger partial charge in [-0.15, -0.1) is 0 Å². The van der Waals surface area contributed by atoms with Crippen molar-refractivity contribution in [3.05, 3.63) is 63.0 Å². The third-order valence-electron chi connectivity index (χ3n) is 3.37. The Balaban J connectivity index is 1.90. The number of carbonyl (C=O) groups is 1. The molecule has 0 unspecified atom stereocenters. The standard InChI is InChI=1S/C17H11Cl2NO2S2/c1-22-12-5-2-10(3-6-12)8-15-16(21)20(17(23)24-15)11-4-7-13(18)14(19)9-11/h2-9H,1H3/b15-8-. The first-order valence-electron chi connectivity index (χ1n) is 6.86. The van der Waals surface area contributed by atoms with Crippen molar-refractivity contribution in [1.82, 2.24) is 0 Å². The van der Waals surface area contributed by atoms with E-state index in [0.717, 1.165) is 11.3 Å². The van der Waals surface area contributed by atoms with Crippen molar-refractivity contribution in [2.45, 2.75) is 0 Å². The van der Waals surface area contributed by atoms with Gasteiger partial charge in [0.05, 0.1) is 27.7 Å². The van der Waals surface area contributed by atoms with E-state index in [4.69, 9.17) is 40.2 Å². The summed E-state index contributed by atoms with van der Waals surface area (Å²) in [6.07, 6.45) is 1.80. The van der Waals surface area contributed by atoms with E-state index >= 15 is 0 Å². The molecule has 0 N–H and O–H groups in total. The van der Waals surface area contributed by atoms with Crippen LogP contribution in [0.2, 0.25) is 10.0 Å². The second-order valence-corrected chi connectivity index (χ2v) is 7.38. The van der Waals surface area contributed by atoms with Crippen molar-refractivity contribution in [2.24, 2.45) is 0 Å². The van der Waals surface area contributed by atoms with Crippen LogP contribution in [0, 0.1) is 0 Å². The Bertz CT molecular complexity index is 850. The van der Waals surface area contributed by atoms with Crippen molar-refractivity contribution >= 4 is 69.2 Å². The van der Waals surface area contributed by atoms with Gasteiger partial charge < -0.3 is 4.74 Å². The lowest BCUT2D eigenvalue weighted by atomic mass is 10.2. The molecule has 0 aliphatic carbocycles. The molecule has 1 saturated heterocycles. The van der Waals surface area contributed by atoms with Gasteiger partial charge in [-0.1, -0.05) is 59.3 Å². The Kier molecular flexibility index (Phi) is 5.15. The van der Waals surface area contributed by atoms with Gasteiger partial charge in [0.25, 0.3) is 5.91 Å². The van der Waals surface area contributed by atoms with Crippen LogP contribution >= 0.6 is 47.2 Å². The highest BCUT2D eigenvalue weighted by molar-refractivity contribution is 8.27. The van der Waals surface area contributed by atoms with Crippen LogP contribution in [0.25, 0.3) is 6.08 Å². The molecule has 3 nitrogen and oxygen atoms in total. The van der Waals surface area contributed by atoms with E-state index < -0.39 is 0 Å². The summed E-state index contributed by atoms with van der Waals surface area (Å²) >= 11 is 18.6. The number of ether oxygens (including phenoxy) is 1. The molecule has 0 atom stereocenters. The molecule has 1 aliphatic rings. The van der Waals surface area contributed by atoms with Gasteiger partial charge in [0.2, 0.25) is 0 Å². The number of hydrogen-bond donors (Lipinski definition) is 0. The molecule has 7 heteroatoms. The van der Waals surface area contributed by atoms with E-state index in [1.54, 1.807) is 31.4 Å². The van der Waals surface area contributed by atoms with E-state index in [1.165, 1.54) is 16.7 Å². The molecule has 0 saturated carbocycles. The van der Waals surface area contributed by atoms with Gasteiger partial charge >= 0.3 is 0 Å². The normalized spacial score (nSPS) is 16.1. The Hall–Kier alpha value is -1.53. The maximum atomic E-state index is 12.7. The van der Waals surface area contributed by atoms with Crippen LogP contribution in [-0.2, 0) is 4.79 Å². The summed E-state index contributed by atoms with van der Waals surface area (Å²) < 4.78 is 5.58. The predicted molar refractivity (Wildman–Crippen MR) is 105 cm³/mol. The molecule has 0 bridgehead atoms. The molecule has 1 aliphatic heterocycles. The molecule has 1 fully saturated rings. The van der Waals surface area contributed by atoms with Gasteiger partial charge in [-0.3, -0.25) is 9.69 Å². The average molecular weight is 396 g/mol. The molecule has 122 valence electrons. The third-order valence-corrected chi connectivity index (χ3v) is 5.41. The zero-order valence-electron chi connectivity index (χ0n) is 12.5. The number of halogens is 2. The van der Waals surface area contributed by atoms with Gasteiger partial charge in [-0.2, -0.15) is 0 Å². The largest absolute Gasteiger partial charge is 0.497 e. The van der Waals surface area contributed by atoms with Gasteiger partial charge in [0.15, 0.2) is 4.32 Å². The van der Waals surface area contributed by atoms with Gasteiger partial charge in [-0.25, -0.2) is 0 Å². The van der Waals surface area contributed by atoms with E-state index in [2.05, 4.69) is 0 Å². The topological polar surface area (TPSA) is 29.5 Å². The lowest BCUT2D eigenvalue weighted by Gasteiger charge is -2.15. The van der Waals surface area contributed by atoms with E-state index in [9.17, 15) is 4.79 Å². The van der Waals surface area contributed by atoms with Crippen LogP contribution in [-0.4, -0.2) is 17.3 Å². The smallest absolute Gasteiger partial charge is 0.270 e. The fourth-order valence-electron chi connectivity index (χ4n) is 2.17. The monoisotopic (exact) mass is 395 g/mol. The molecule has 24 heavy (non-hydrogen) atoms. The van der Waals surface area contributed by atoms with Gasteiger partial charge in [0, 0.05) is 0 Å². The van der Waals surface area contributed by atoms with E-state index in [1.807, 2.05) is 24.3 Å². The summed E-state index contributed by atoms with van der Waals surface area (Å²) in [6, 6.07) is 12.4. The maximum Gasteiger partial charge on any atom is 0.270 e. The number of rotatable bonds is 3. The van der Waals surface area contributed by atoms with Gasteiger partial charge in [-0.05, 0) is 42.0 Å². The number of hydrogen-bond acceptors (Lipinski definition) is 4. The van der Waals surface area contributed by atoms with Crippen molar-refractivity contribution in [2.75, 3.05) is 12.0 Å². The fourth-order valence-corrected chi connectivity index (χ4v) is 3.76. The molecule has 3 rings (SSSR count). The van der Waals surface area contributed by atoms with Crippen molar-refractivity contribution in [1.29, 1.82) is 0 Å². The minimum atomic E-state index is -0.181. The highest BCUT2D eigenvalue weighted by Crippen LogP contribution is 2.38. The first-order valence-corrected chi connectivity index (χ1v) is 8.85. The number of carbonyl (C=O) groups excluding carboxylic acids is 1. The van der Waals surface area contributed by atoms with Crippen LogP contribution < -0.4 is 9.64 Å². The van der Waals surface area contributed by atoms with Gasteiger partial charge in [0.1, 0.15) is 5.75 Å². The zero-order chi connectivity index (χ0) is 17.3. The van der Waals surface area contributed by atoms with Crippen molar-refractivity contribution < 1.29 is 9.53 Å². The first kappa shape index (κ1) is 17.3. The molecule has 0 radical (unpaired) electrons. The van der Waals surface area contributed by atoms with Crippen LogP contribution in [0.5, 0.6) is 5.75 Å². The predicted octanol–water partition coefficient (Wildman–Crippen LogP) is 5.41. The number of anilines is 1. The number of thiocarbonyl (C=S) groups is 1. The van der Waals surface area contributed by atoms with Crippen LogP contribution in [0.3, 0.4) is 0 Å². The molecular formula is C17H11Cl2NO2S2. The summed E-state index contributed by atoms with van der Waals surface area (Å²) in [5.74, 6) is 0.578. The molecule has 0 spiro atoms. The second-order valence-electron chi connectivity index (χ2n) is 4.89. The fraction of sp³-hybridized carbons (Fsp3) is 0.0588. The number of methoxy groups -OCH3 is 1. The summed E-state index contributed by atoms with van der Waals surface area (Å²) in [4.78, 5) is 14.7. The summed E-state index contributed by atoms with van der Waals surface area (Å²) in [6.45, 7) is 0. The number of nitrogens with zero attached hydrogens (tertiary/aromatic N) is 1. The quantitative estimate of drug-likeness (QED) is 0.513. The second kappa shape index (κ2) is 7.15. The van der Waals surface area contributed by atoms with E-state index in [-0.39, 0.29) is 5.91 Å². The maximum absolute atomic E-state index is 12.7. The van der Waals surface area contributed by atoms with Crippen molar-refractivity contribution in [3.8, 4) is 5.75 Å². The Morgan fingerprint density at radius 2 is 1.83 bits per heavy atom. The van der Waals surface area contributed by atoms with Crippen LogP contribution in [0.15, 0.2) is 47.4 Å². The minimum absolute atomic E-state index is 0.181. The minimum Gasteiger partial charge on any atom is -0.497 e. The lowest BCUT2D eigenvalue weighted by Crippen LogP contribution is -2.27. The third kappa shape index (κ3) is 3.44. The highest BCUT2D eigenvalue weighted by atomic mass is 35.5. The number of thioether (sulfide) groups is 1. The molecule has 1 amide bonds. The summed E-state index contributed by atoms with van der Waals surface area (Å²) in [7, 11) is 1.61. The Labute approximate surface area is 159 Å². The summed E-state index contributed by atoms with van der Waals surface area (Å²) in [5, 5.41) is 0.807. The Morgan fingerprint density at radius 1 is 1.12 bits per heavy atom. The zero-order valence-corrected chi connectivity index (χ0v) is 15.6. The first-order chi connectivity index (χ1) is 11.5. The molecular weight excluding hydrogens is 385 g/mol. The van der Waals surface area contributed by atoms with E-state index in [0.29, 0.717) is 25.0 Å². The lowest BCUT2D eigenvalue weighted by molar-refractivity contribution is -0.113. The van der Waals surface area contributed by atoms with Crippen molar-refractivity contribution in [3.63, 3.8) is 0 Å². The van der Waals surface area contributed by atoms with Crippen LogP contribution in [0.4, 0.5) is 5.69 Å². The number of amides is 1. The molecule has 1 heterocycles. The van der Waals surface area contributed by atoms with Crippen LogP contribution in [0.1, 0.15) is 5.56 Å². The SMILES string of the molecule is COc1ccc(/C=C2\SC(=S)N(c3ccc(Cl)c(Cl)c3)C2=O)cc1.